The summed E-state index contributed by atoms with van der Waals surface area (Å²) in [5.41, 5.74) is 1.13. The number of rotatable bonds is 6. The SMILES string of the molecule is CN1CCCC[C@H]1C(=O)NCCCCc1ccccn1. The Bertz CT molecular complexity index is 407. The maximum Gasteiger partial charge on any atom is 0.237 e. The normalized spacial score (nSPS) is 19.8. The van der Waals surface area contributed by atoms with Crippen LogP contribution in [0.15, 0.2) is 24.4 Å². The summed E-state index contributed by atoms with van der Waals surface area (Å²) in [5.74, 6) is 0.199. The van der Waals surface area contributed by atoms with Crippen molar-refractivity contribution in [2.75, 3.05) is 20.1 Å². The molecule has 1 atom stereocenters. The van der Waals surface area contributed by atoms with Gasteiger partial charge in [0.15, 0.2) is 0 Å². The summed E-state index contributed by atoms with van der Waals surface area (Å²) in [5, 5.41) is 3.07. The van der Waals surface area contributed by atoms with Crippen LogP contribution in [0, 0.1) is 0 Å². The Morgan fingerprint density at radius 3 is 3.05 bits per heavy atom. The van der Waals surface area contributed by atoms with Crippen molar-refractivity contribution in [1.82, 2.24) is 15.2 Å². The summed E-state index contributed by atoms with van der Waals surface area (Å²) < 4.78 is 0. The fourth-order valence-electron chi connectivity index (χ4n) is 2.71. The molecule has 1 aliphatic rings. The van der Waals surface area contributed by atoms with Gasteiger partial charge in [0.2, 0.25) is 5.91 Å². The van der Waals surface area contributed by atoms with Crippen molar-refractivity contribution in [3.8, 4) is 0 Å². The number of hydrogen-bond acceptors (Lipinski definition) is 3. The third-order valence-corrected chi connectivity index (χ3v) is 3.96. The molecule has 0 spiro atoms. The molecule has 1 N–H and O–H groups in total. The first-order chi connectivity index (χ1) is 9.77. The summed E-state index contributed by atoms with van der Waals surface area (Å²) in [6.07, 6.45) is 8.27. The molecule has 0 aromatic carbocycles. The number of likely N-dealkylation sites (N-methyl/N-ethyl adjacent to an activating group) is 1. The third kappa shape index (κ3) is 4.60. The first-order valence-corrected chi connectivity index (χ1v) is 7.65. The van der Waals surface area contributed by atoms with E-state index in [1.807, 2.05) is 25.4 Å². The quantitative estimate of drug-likeness (QED) is 0.808. The van der Waals surface area contributed by atoms with Gasteiger partial charge in [0, 0.05) is 18.4 Å². The van der Waals surface area contributed by atoms with Gasteiger partial charge in [-0.2, -0.15) is 0 Å². The summed E-state index contributed by atoms with van der Waals surface area (Å²) in [4.78, 5) is 18.6. The van der Waals surface area contributed by atoms with Crippen LogP contribution < -0.4 is 5.32 Å². The maximum absolute atomic E-state index is 12.1. The molecule has 1 aromatic rings. The molecule has 0 radical (unpaired) electrons. The highest BCUT2D eigenvalue weighted by molar-refractivity contribution is 5.81. The Hall–Kier alpha value is -1.42. The van der Waals surface area contributed by atoms with Gasteiger partial charge in [-0.3, -0.25) is 14.7 Å². The summed E-state index contributed by atoms with van der Waals surface area (Å²) >= 11 is 0. The number of nitrogens with zero attached hydrogens (tertiary/aromatic N) is 2. The van der Waals surface area contributed by atoms with Crippen LogP contribution in [0.2, 0.25) is 0 Å². The minimum atomic E-state index is 0.0829. The number of nitrogens with one attached hydrogen (secondary N) is 1. The fourth-order valence-corrected chi connectivity index (χ4v) is 2.71. The molecule has 0 saturated carbocycles. The first-order valence-electron chi connectivity index (χ1n) is 7.65. The third-order valence-electron chi connectivity index (χ3n) is 3.96. The number of carbonyl (C=O) groups is 1. The minimum absolute atomic E-state index is 0.0829. The van der Waals surface area contributed by atoms with Crippen LogP contribution >= 0.6 is 0 Å². The molecule has 4 nitrogen and oxygen atoms in total. The smallest absolute Gasteiger partial charge is 0.237 e. The molecule has 1 aliphatic heterocycles. The van der Waals surface area contributed by atoms with Crippen molar-refractivity contribution < 1.29 is 4.79 Å². The topological polar surface area (TPSA) is 45.2 Å². The van der Waals surface area contributed by atoms with E-state index in [2.05, 4.69) is 21.3 Å². The van der Waals surface area contributed by atoms with E-state index in [9.17, 15) is 4.79 Å². The Morgan fingerprint density at radius 1 is 1.40 bits per heavy atom. The van der Waals surface area contributed by atoms with Crippen molar-refractivity contribution in [2.45, 2.75) is 44.6 Å². The Balaban J connectivity index is 1.59. The minimum Gasteiger partial charge on any atom is -0.355 e. The highest BCUT2D eigenvalue weighted by atomic mass is 16.2. The molecule has 1 aromatic heterocycles. The molecule has 4 heteroatoms. The van der Waals surface area contributed by atoms with E-state index in [1.165, 1.54) is 12.8 Å². The number of aromatic nitrogens is 1. The average molecular weight is 275 g/mol. The average Bonchev–Trinajstić information content (AvgIpc) is 2.48. The lowest BCUT2D eigenvalue weighted by Crippen LogP contribution is -2.47. The molecule has 2 heterocycles. The van der Waals surface area contributed by atoms with Gasteiger partial charge in [0.05, 0.1) is 6.04 Å². The van der Waals surface area contributed by atoms with Gasteiger partial charge in [-0.1, -0.05) is 12.5 Å². The summed E-state index contributed by atoms with van der Waals surface area (Å²) in [7, 11) is 2.05. The van der Waals surface area contributed by atoms with Gasteiger partial charge in [-0.15, -0.1) is 0 Å². The van der Waals surface area contributed by atoms with E-state index in [4.69, 9.17) is 0 Å². The standard InChI is InChI=1S/C16H25N3O/c1-19-13-7-4-10-15(19)16(20)18-12-6-3-9-14-8-2-5-11-17-14/h2,5,8,11,15H,3-4,6-7,9-10,12-13H2,1H3,(H,18,20)/t15-/m0/s1. The van der Waals surface area contributed by atoms with E-state index in [0.717, 1.165) is 44.5 Å². The van der Waals surface area contributed by atoms with Crippen molar-refractivity contribution in [3.63, 3.8) is 0 Å². The summed E-state index contributed by atoms with van der Waals surface area (Å²) in [6, 6.07) is 6.09. The zero-order chi connectivity index (χ0) is 14.2. The lowest BCUT2D eigenvalue weighted by atomic mass is 10.0. The number of aryl methyl sites for hydroxylation is 1. The van der Waals surface area contributed by atoms with Gasteiger partial charge >= 0.3 is 0 Å². The molecule has 110 valence electrons. The fraction of sp³-hybridized carbons (Fsp3) is 0.625. The number of unbranched alkanes of at least 4 members (excludes halogenated alkanes) is 1. The molecular formula is C16H25N3O. The largest absolute Gasteiger partial charge is 0.355 e. The lowest BCUT2D eigenvalue weighted by Gasteiger charge is -2.31. The van der Waals surface area contributed by atoms with Gasteiger partial charge in [0.25, 0.3) is 0 Å². The van der Waals surface area contributed by atoms with E-state index in [1.54, 1.807) is 0 Å². The summed E-state index contributed by atoms with van der Waals surface area (Å²) in [6.45, 7) is 1.81. The molecule has 0 bridgehead atoms. The van der Waals surface area contributed by atoms with Crippen LogP contribution in [-0.2, 0) is 11.2 Å². The Morgan fingerprint density at radius 2 is 2.30 bits per heavy atom. The highest BCUT2D eigenvalue weighted by Crippen LogP contribution is 2.14. The van der Waals surface area contributed by atoms with Crippen LogP contribution in [0.1, 0.15) is 37.8 Å². The second-order valence-electron chi connectivity index (χ2n) is 5.56. The predicted octanol–water partition coefficient (Wildman–Crippen LogP) is 2.00. The van der Waals surface area contributed by atoms with Crippen LogP contribution in [0.5, 0.6) is 0 Å². The molecule has 1 amide bonds. The number of carbonyl (C=O) groups excluding carboxylic acids is 1. The molecule has 0 unspecified atom stereocenters. The van der Waals surface area contributed by atoms with Crippen molar-refractivity contribution >= 4 is 5.91 Å². The Labute approximate surface area is 121 Å². The number of likely N-dealkylation sites (tertiary alicyclic amines) is 1. The monoisotopic (exact) mass is 275 g/mol. The second-order valence-corrected chi connectivity index (χ2v) is 5.56. The molecule has 1 fully saturated rings. The Kier molecular flexibility index (Phi) is 5.99. The van der Waals surface area contributed by atoms with Crippen molar-refractivity contribution in [1.29, 1.82) is 0 Å². The van der Waals surface area contributed by atoms with Gasteiger partial charge < -0.3 is 5.32 Å². The van der Waals surface area contributed by atoms with Crippen molar-refractivity contribution in [3.05, 3.63) is 30.1 Å². The molecular weight excluding hydrogens is 250 g/mol. The molecule has 0 aliphatic carbocycles. The second kappa shape index (κ2) is 8.00. The highest BCUT2D eigenvalue weighted by Gasteiger charge is 2.25. The predicted molar refractivity (Wildman–Crippen MR) is 80.5 cm³/mol. The van der Waals surface area contributed by atoms with E-state index in [-0.39, 0.29) is 11.9 Å². The molecule has 1 saturated heterocycles. The van der Waals surface area contributed by atoms with Crippen LogP contribution in [0.3, 0.4) is 0 Å². The van der Waals surface area contributed by atoms with E-state index >= 15 is 0 Å². The number of hydrogen-bond donors (Lipinski definition) is 1. The van der Waals surface area contributed by atoms with E-state index in [0.29, 0.717) is 0 Å². The van der Waals surface area contributed by atoms with Gasteiger partial charge in [-0.25, -0.2) is 0 Å². The van der Waals surface area contributed by atoms with Crippen LogP contribution in [0.25, 0.3) is 0 Å². The number of piperidine rings is 1. The van der Waals surface area contributed by atoms with Crippen LogP contribution in [0.4, 0.5) is 0 Å². The number of pyridine rings is 1. The van der Waals surface area contributed by atoms with Gasteiger partial charge in [0.1, 0.15) is 0 Å². The number of amides is 1. The van der Waals surface area contributed by atoms with E-state index < -0.39 is 0 Å². The van der Waals surface area contributed by atoms with Gasteiger partial charge in [-0.05, 0) is 57.8 Å². The zero-order valence-electron chi connectivity index (χ0n) is 12.3. The molecule has 2 rings (SSSR count). The maximum atomic E-state index is 12.1. The first kappa shape index (κ1) is 15.0. The van der Waals surface area contributed by atoms with Crippen molar-refractivity contribution in [2.24, 2.45) is 0 Å². The molecule has 20 heavy (non-hydrogen) atoms. The lowest BCUT2D eigenvalue weighted by molar-refractivity contribution is -0.127. The van der Waals surface area contributed by atoms with Crippen LogP contribution in [-0.4, -0.2) is 42.0 Å². The zero-order valence-corrected chi connectivity index (χ0v) is 12.3.